The van der Waals surface area contributed by atoms with Crippen molar-refractivity contribution in [2.75, 3.05) is 13.7 Å². The smallest absolute Gasteiger partial charge is 0.0495 e. The van der Waals surface area contributed by atoms with Gasteiger partial charge in [0.1, 0.15) is 0 Å². The van der Waals surface area contributed by atoms with Gasteiger partial charge < -0.3 is 4.74 Å². The predicted molar refractivity (Wildman–Crippen MR) is 91.6 cm³/mol. The molecule has 0 radical (unpaired) electrons. The Bertz CT molecular complexity index is 405. The summed E-state index contributed by atoms with van der Waals surface area (Å²) in [5.74, 6) is 7.20. The van der Waals surface area contributed by atoms with Gasteiger partial charge in [0.15, 0.2) is 0 Å². The first kappa shape index (κ1) is 15.5. The molecule has 0 N–H and O–H groups in total. The average molecular weight is 305 g/mol. The van der Waals surface area contributed by atoms with Gasteiger partial charge in [-0.05, 0) is 98.2 Å². The van der Waals surface area contributed by atoms with Crippen molar-refractivity contribution < 1.29 is 4.74 Å². The van der Waals surface area contributed by atoms with Crippen LogP contribution in [-0.2, 0) is 4.74 Å². The van der Waals surface area contributed by atoms with Crippen molar-refractivity contribution >= 4 is 0 Å². The third-order valence-electron chi connectivity index (χ3n) is 8.78. The minimum atomic E-state index is 0.603. The molecule has 0 aromatic heterocycles. The van der Waals surface area contributed by atoms with Crippen LogP contribution in [0.1, 0.15) is 71.6 Å². The fourth-order valence-corrected chi connectivity index (χ4v) is 7.67. The molecule has 8 atom stereocenters. The highest BCUT2D eigenvalue weighted by atomic mass is 16.5. The van der Waals surface area contributed by atoms with Crippen molar-refractivity contribution in [1.82, 2.24) is 0 Å². The molecule has 0 spiro atoms. The maximum atomic E-state index is 5.57. The van der Waals surface area contributed by atoms with E-state index in [4.69, 9.17) is 4.74 Å². The summed E-state index contributed by atoms with van der Waals surface area (Å²) in [5, 5.41) is 0. The van der Waals surface area contributed by atoms with Crippen LogP contribution in [0.5, 0.6) is 0 Å². The normalized spacial score (nSPS) is 54.4. The van der Waals surface area contributed by atoms with Crippen molar-refractivity contribution in [3.63, 3.8) is 0 Å². The number of fused-ring (bicyclic) bond motifs is 5. The molecular formula is C21H36O. The van der Waals surface area contributed by atoms with Crippen molar-refractivity contribution in [1.29, 1.82) is 0 Å². The molecule has 0 aromatic carbocycles. The van der Waals surface area contributed by atoms with E-state index in [2.05, 4.69) is 13.8 Å². The standard InChI is InChI=1S/C21H36O/c1-14-4-7-17-15(12-14)5-8-19-18(17)10-11-21(2)16(13-22-3)6-9-20(19)21/h14-20H,4-13H2,1-3H3. The molecule has 0 saturated heterocycles. The van der Waals surface area contributed by atoms with Crippen LogP contribution in [0.15, 0.2) is 0 Å². The van der Waals surface area contributed by atoms with Crippen LogP contribution in [0.2, 0.25) is 0 Å². The van der Waals surface area contributed by atoms with Crippen LogP contribution >= 0.6 is 0 Å². The second-order valence-electron chi connectivity index (χ2n) is 9.63. The SMILES string of the molecule is COCC1CCC2C3CCC4CC(C)CCC4C3CCC12C. The molecular weight excluding hydrogens is 268 g/mol. The van der Waals surface area contributed by atoms with E-state index in [9.17, 15) is 0 Å². The van der Waals surface area contributed by atoms with Gasteiger partial charge in [0.25, 0.3) is 0 Å². The quantitative estimate of drug-likeness (QED) is 0.651. The summed E-state index contributed by atoms with van der Waals surface area (Å²) < 4.78 is 5.57. The first-order chi connectivity index (χ1) is 10.6. The number of hydrogen-bond donors (Lipinski definition) is 0. The maximum Gasteiger partial charge on any atom is 0.0495 e. The topological polar surface area (TPSA) is 9.23 Å². The number of hydrogen-bond acceptors (Lipinski definition) is 1. The summed E-state index contributed by atoms with van der Waals surface area (Å²) in [6.07, 6.45) is 13.7. The lowest BCUT2D eigenvalue weighted by atomic mass is 9.49. The van der Waals surface area contributed by atoms with Gasteiger partial charge in [0.05, 0.1) is 0 Å². The van der Waals surface area contributed by atoms with E-state index in [1.54, 1.807) is 25.7 Å². The molecule has 4 aliphatic rings. The van der Waals surface area contributed by atoms with Gasteiger partial charge >= 0.3 is 0 Å². The molecule has 4 saturated carbocycles. The maximum absolute atomic E-state index is 5.57. The van der Waals surface area contributed by atoms with Crippen molar-refractivity contribution in [2.24, 2.45) is 46.8 Å². The van der Waals surface area contributed by atoms with Crippen molar-refractivity contribution in [3.8, 4) is 0 Å². The zero-order chi connectivity index (χ0) is 15.3. The van der Waals surface area contributed by atoms with Crippen LogP contribution in [0.4, 0.5) is 0 Å². The fraction of sp³-hybridized carbons (Fsp3) is 1.00. The molecule has 0 amide bonds. The average Bonchev–Trinajstić information content (AvgIpc) is 2.84. The van der Waals surface area contributed by atoms with E-state index in [0.717, 1.165) is 48.0 Å². The van der Waals surface area contributed by atoms with Gasteiger partial charge in [-0.3, -0.25) is 0 Å². The van der Waals surface area contributed by atoms with Crippen LogP contribution in [-0.4, -0.2) is 13.7 Å². The Morgan fingerprint density at radius 3 is 2.55 bits per heavy atom. The molecule has 4 aliphatic carbocycles. The van der Waals surface area contributed by atoms with Gasteiger partial charge in [-0.25, -0.2) is 0 Å². The van der Waals surface area contributed by atoms with E-state index in [1.165, 1.54) is 32.1 Å². The van der Waals surface area contributed by atoms with Gasteiger partial charge in [-0.15, -0.1) is 0 Å². The summed E-state index contributed by atoms with van der Waals surface area (Å²) >= 11 is 0. The molecule has 126 valence electrons. The molecule has 0 heterocycles. The van der Waals surface area contributed by atoms with E-state index in [-0.39, 0.29) is 0 Å². The Labute approximate surface area is 137 Å². The van der Waals surface area contributed by atoms with E-state index in [1.807, 2.05) is 7.11 Å². The van der Waals surface area contributed by atoms with Gasteiger partial charge in [0, 0.05) is 13.7 Å². The van der Waals surface area contributed by atoms with E-state index < -0.39 is 0 Å². The van der Waals surface area contributed by atoms with Crippen LogP contribution in [0, 0.1) is 46.8 Å². The summed E-state index contributed by atoms with van der Waals surface area (Å²) in [5.41, 5.74) is 0.603. The predicted octanol–water partition coefficient (Wildman–Crippen LogP) is 5.54. The summed E-state index contributed by atoms with van der Waals surface area (Å²) in [4.78, 5) is 0. The highest BCUT2D eigenvalue weighted by molar-refractivity contribution is 5.05. The second kappa shape index (κ2) is 5.80. The molecule has 0 aromatic rings. The minimum Gasteiger partial charge on any atom is -0.384 e. The summed E-state index contributed by atoms with van der Waals surface area (Å²) in [6, 6.07) is 0. The Kier molecular flexibility index (Phi) is 4.08. The summed E-state index contributed by atoms with van der Waals surface area (Å²) in [7, 11) is 1.90. The third-order valence-corrected chi connectivity index (χ3v) is 8.78. The number of methoxy groups -OCH3 is 1. The Morgan fingerprint density at radius 2 is 1.73 bits per heavy atom. The molecule has 0 aliphatic heterocycles. The van der Waals surface area contributed by atoms with Crippen LogP contribution < -0.4 is 0 Å². The first-order valence-corrected chi connectivity index (χ1v) is 10.1. The zero-order valence-corrected chi connectivity index (χ0v) is 15.0. The molecule has 22 heavy (non-hydrogen) atoms. The minimum absolute atomic E-state index is 0.603. The molecule has 8 unspecified atom stereocenters. The lowest BCUT2D eigenvalue weighted by molar-refractivity contribution is -0.0743. The molecule has 0 bridgehead atoms. The number of rotatable bonds is 2. The number of ether oxygens (including phenoxy) is 1. The molecule has 4 fully saturated rings. The Hall–Kier alpha value is -0.0400. The third kappa shape index (κ3) is 2.29. The molecule has 4 rings (SSSR count). The lowest BCUT2D eigenvalue weighted by Crippen LogP contribution is -2.48. The largest absolute Gasteiger partial charge is 0.384 e. The highest BCUT2D eigenvalue weighted by Crippen LogP contribution is 2.64. The molecule has 1 heteroatoms. The van der Waals surface area contributed by atoms with Crippen LogP contribution in [0.3, 0.4) is 0 Å². The van der Waals surface area contributed by atoms with E-state index in [0.29, 0.717) is 5.41 Å². The summed E-state index contributed by atoms with van der Waals surface area (Å²) in [6.45, 7) is 6.13. The highest BCUT2D eigenvalue weighted by Gasteiger charge is 2.56. The Balaban J connectivity index is 1.53. The Morgan fingerprint density at radius 1 is 0.909 bits per heavy atom. The van der Waals surface area contributed by atoms with Crippen molar-refractivity contribution in [2.45, 2.75) is 71.6 Å². The monoisotopic (exact) mass is 304 g/mol. The van der Waals surface area contributed by atoms with Gasteiger partial charge in [-0.2, -0.15) is 0 Å². The second-order valence-corrected chi connectivity index (χ2v) is 9.63. The van der Waals surface area contributed by atoms with Crippen LogP contribution in [0.25, 0.3) is 0 Å². The van der Waals surface area contributed by atoms with Gasteiger partial charge in [0.2, 0.25) is 0 Å². The van der Waals surface area contributed by atoms with Crippen molar-refractivity contribution in [3.05, 3.63) is 0 Å². The first-order valence-electron chi connectivity index (χ1n) is 10.1. The van der Waals surface area contributed by atoms with Gasteiger partial charge in [-0.1, -0.05) is 20.3 Å². The molecule has 1 nitrogen and oxygen atoms in total. The van der Waals surface area contributed by atoms with E-state index >= 15 is 0 Å². The zero-order valence-electron chi connectivity index (χ0n) is 15.0. The lowest BCUT2D eigenvalue weighted by Gasteiger charge is -2.56. The fourth-order valence-electron chi connectivity index (χ4n) is 7.67.